The van der Waals surface area contributed by atoms with Crippen molar-refractivity contribution in [2.75, 3.05) is 13.6 Å². The van der Waals surface area contributed by atoms with Crippen molar-refractivity contribution in [1.29, 1.82) is 0 Å². The summed E-state index contributed by atoms with van der Waals surface area (Å²) in [6, 6.07) is 2.58. The topological polar surface area (TPSA) is 36.4 Å². The molecule has 1 heterocycles. The van der Waals surface area contributed by atoms with Crippen LogP contribution < -0.4 is 10.6 Å². The molecule has 90 valence electrons. The molecule has 4 heteroatoms. The minimum absolute atomic E-state index is 0.405. The Kier molecular flexibility index (Phi) is 5.32. The van der Waals surface area contributed by atoms with Crippen molar-refractivity contribution in [3.8, 4) is 0 Å². The van der Waals surface area contributed by atoms with Crippen molar-refractivity contribution in [3.05, 3.63) is 22.4 Å². The number of hydrogen-bond acceptors (Lipinski definition) is 2. The van der Waals surface area contributed by atoms with Crippen LogP contribution in [-0.4, -0.2) is 25.6 Å². The van der Waals surface area contributed by atoms with Gasteiger partial charge in [0.25, 0.3) is 0 Å². The van der Waals surface area contributed by atoms with Gasteiger partial charge < -0.3 is 10.6 Å². The molecule has 0 amide bonds. The average molecular weight is 239 g/mol. The second kappa shape index (κ2) is 6.53. The number of aliphatic imine (C=N–C) groups is 1. The molecule has 2 N–H and O–H groups in total. The van der Waals surface area contributed by atoms with Gasteiger partial charge in [0.05, 0.1) is 0 Å². The van der Waals surface area contributed by atoms with E-state index >= 15 is 0 Å². The first-order valence-electron chi connectivity index (χ1n) is 5.62. The normalized spacial score (nSPS) is 13.9. The van der Waals surface area contributed by atoms with Crippen LogP contribution >= 0.6 is 11.3 Å². The number of nitrogens with one attached hydrogen (secondary N) is 2. The lowest BCUT2D eigenvalue weighted by atomic mass is 10.1. The molecule has 3 nitrogen and oxygen atoms in total. The summed E-state index contributed by atoms with van der Waals surface area (Å²) in [4.78, 5) is 4.18. The number of rotatable bonds is 4. The molecule has 0 saturated carbocycles. The first-order valence-corrected chi connectivity index (χ1v) is 6.57. The smallest absolute Gasteiger partial charge is 0.191 e. The van der Waals surface area contributed by atoms with Crippen molar-refractivity contribution in [1.82, 2.24) is 10.6 Å². The highest BCUT2D eigenvalue weighted by Crippen LogP contribution is 2.16. The summed E-state index contributed by atoms with van der Waals surface area (Å²) in [5, 5.41) is 10.9. The maximum absolute atomic E-state index is 4.18. The summed E-state index contributed by atoms with van der Waals surface area (Å²) < 4.78 is 0. The van der Waals surface area contributed by atoms with Gasteiger partial charge in [0, 0.05) is 19.6 Å². The largest absolute Gasteiger partial charge is 0.356 e. The van der Waals surface area contributed by atoms with E-state index in [0.29, 0.717) is 12.0 Å². The molecule has 0 bridgehead atoms. The molecule has 0 aliphatic heterocycles. The summed E-state index contributed by atoms with van der Waals surface area (Å²) in [6.45, 7) is 7.34. The molecule has 1 aromatic rings. The zero-order valence-corrected chi connectivity index (χ0v) is 11.3. The van der Waals surface area contributed by atoms with Crippen LogP contribution in [0.2, 0.25) is 0 Å². The lowest BCUT2D eigenvalue weighted by molar-refractivity contribution is 0.667. The number of hydrogen-bond donors (Lipinski definition) is 2. The van der Waals surface area contributed by atoms with Crippen LogP contribution in [0.5, 0.6) is 0 Å². The minimum atomic E-state index is 0.405. The Balaban J connectivity index is 2.38. The van der Waals surface area contributed by atoms with Crippen molar-refractivity contribution in [3.63, 3.8) is 0 Å². The average Bonchev–Trinajstić information content (AvgIpc) is 2.76. The van der Waals surface area contributed by atoms with Crippen LogP contribution in [0.1, 0.15) is 32.3 Å². The standard InChI is InChI=1S/C12H21N3S/c1-9(2)15-12(13-4)14-7-10(3)11-5-6-16-8-11/h5-6,8-10H,7H2,1-4H3,(H2,13,14,15). The van der Waals surface area contributed by atoms with Crippen molar-refractivity contribution >= 4 is 17.3 Å². The van der Waals surface area contributed by atoms with Crippen molar-refractivity contribution in [2.24, 2.45) is 4.99 Å². The molecule has 0 saturated heterocycles. The van der Waals surface area contributed by atoms with E-state index in [2.05, 4.69) is 53.2 Å². The highest BCUT2D eigenvalue weighted by atomic mass is 32.1. The molecular weight excluding hydrogens is 218 g/mol. The Bertz CT molecular complexity index is 317. The molecule has 1 unspecified atom stereocenters. The Hall–Kier alpha value is -1.03. The van der Waals surface area contributed by atoms with Gasteiger partial charge in [0.2, 0.25) is 0 Å². The van der Waals surface area contributed by atoms with E-state index in [4.69, 9.17) is 0 Å². The summed E-state index contributed by atoms with van der Waals surface area (Å²) in [5.74, 6) is 1.38. The summed E-state index contributed by atoms with van der Waals surface area (Å²) >= 11 is 1.74. The van der Waals surface area contributed by atoms with E-state index in [1.54, 1.807) is 18.4 Å². The lowest BCUT2D eigenvalue weighted by Gasteiger charge is -2.17. The maximum atomic E-state index is 4.18. The molecule has 0 fully saturated rings. The lowest BCUT2D eigenvalue weighted by Crippen LogP contribution is -2.42. The molecule has 0 aliphatic rings. The molecule has 0 aliphatic carbocycles. The van der Waals surface area contributed by atoms with Gasteiger partial charge in [-0.05, 0) is 42.2 Å². The van der Waals surface area contributed by atoms with Crippen LogP contribution in [0.25, 0.3) is 0 Å². The van der Waals surface area contributed by atoms with Crippen LogP contribution in [-0.2, 0) is 0 Å². The Morgan fingerprint density at radius 1 is 1.44 bits per heavy atom. The number of nitrogens with zero attached hydrogens (tertiary/aromatic N) is 1. The first-order chi connectivity index (χ1) is 7.63. The zero-order chi connectivity index (χ0) is 12.0. The van der Waals surface area contributed by atoms with Gasteiger partial charge in [-0.25, -0.2) is 0 Å². The SMILES string of the molecule is CN=C(NCC(C)c1ccsc1)NC(C)C. The Labute approximate surface area is 102 Å². The second-order valence-electron chi connectivity index (χ2n) is 4.21. The Morgan fingerprint density at radius 3 is 2.69 bits per heavy atom. The molecule has 0 spiro atoms. The third-order valence-electron chi connectivity index (χ3n) is 2.34. The monoisotopic (exact) mass is 239 g/mol. The predicted octanol–water partition coefficient (Wildman–Crippen LogP) is 2.43. The van der Waals surface area contributed by atoms with E-state index in [0.717, 1.165) is 12.5 Å². The Morgan fingerprint density at radius 2 is 2.19 bits per heavy atom. The zero-order valence-electron chi connectivity index (χ0n) is 10.4. The van der Waals surface area contributed by atoms with Gasteiger partial charge in [-0.2, -0.15) is 11.3 Å². The van der Waals surface area contributed by atoms with Gasteiger partial charge in [-0.3, -0.25) is 4.99 Å². The fourth-order valence-corrected chi connectivity index (χ4v) is 2.17. The molecule has 0 radical (unpaired) electrons. The van der Waals surface area contributed by atoms with Crippen LogP contribution in [0.3, 0.4) is 0 Å². The van der Waals surface area contributed by atoms with Crippen molar-refractivity contribution in [2.45, 2.75) is 32.7 Å². The van der Waals surface area contributed by atoms with Crippen LogP contribution in [0.15, 0.2) is 21.8 Å². The first kappa shape index (κ1) is 13.0. The highest BCUT2D eigenvalue weighted by Gasteiger charge is 2.07. The predicted molar refractivity (Wildman–Crippen MR) is 72.4 cm³/mol. The molecule has 1 atom stereocenters. The fraction of sp³-hybridized carbons (Fsp3) is 0.583. The third-order valence-corrected chi connectivity index (χ3v) is 3.04. The van der Waals surface area contributed by atoms with Gasteiger partial charge >= 0.3 is 0 Å². The van der Waals surface area contributed by atoms with Crippen LogP contribution in [0, 0.1) is 0 Å². The number of thiophene rings is 1. The van der Waals surface area contributed by atoms with Crippen molar-refractivity contribution < 1.29 is 0 Å². The van der Waals surface area contributed by atoms with E-state index < -0.39 is 0 Å². The summed E-state index contributed by atoms with van der Waals surface area (Å²) in [7, 11) is 1.80. The fourth-order valence-electron chi connectivity index (χ4n) is 1.39. The summed E-state index contributed by atoms with van der Waals surface area (Å²) in [5.41, 5.74) is 1.39. The molecule has 1 aromatic heterocycles. The van der Waals surface area contributed by atoms with Gasteiger partial charge in [-0.15, -0.1) is 0 Å². The third kappa shape index (κ3) is 4.23. The van der Waals surface area contributed by atoms with E-state index in [9.17, 15) is 0 Å². The van der Waals surface area contributed by atoms with E-state index in [-0.39, 0.29) is 0 Å². The van der Waals surface area contributed by atoms with E-state index in [1.165, 1.54) is 5.56 Å². The van der Waals surface area contributed by atoms with Gasteiger partial charge in [0.15, 0.2) is 5.96 Å². The molecule has 1 rings (SSSR count). The van der Waals surface area contributed by atoms with Gasteiger partial charge in [0.1, 0.15) is 0 Å². The molecule has 0 aromatic carbocycles. The summed E-state index contributed by atoms with van der Waals surface area (Å²) in [6.07, 6.45) is 0. The molecule has 16 heavy (non-hydrogen) atoms. The van der Waals surface area contributed by atoms with Crippen LogP contribution in [0.4, 0.5) is 0 Å². The van der Waals surface area contributed by atoms with Gasteiger partial charge in [-0.1, -0.05) is 6.92 Å². The van der Waals surface area contributed by atoms with E-state index in [1.807, 2.05) is 0 Å². The molecular formula is C12H21N3S. The number of guanidine groups is 1. The minimum Gasteiger partial charge on any atom is -0.356 e. The highest BCUT2D eigenvalue weighted by molar-refractivity contribution is 7.07. The quantitative estimate of drug-likeness (QED) is 0.625. The second-order valence-corrected chi connectivity index (χ2v) is 4.99. The maximum Gasteiger partial charge on any atom is 0.191 e.